The predicted octanol–water partition coefficient (Wildman–Crippen LogP) is -1.94. The van der Waals surface area contributed by atoms with Crippen LogP contribution in [0.25, 0.3) is 0 Å². The predicted molar refractivity (Wildman–Crippen MR) is 33.4 cm³/mol. The molecule has 6 heteroatoms. The molecule has 0 spiro atoms. The molecule has 6 nitrogen and oxygen atoms in total. The molecule has 0 radical (unpaired) electrons. The molecule has 0 heterocycles. The summed E-state index contributed by atoms with van der Waals surface area (Å²) in [5, 5.41) is 15.7. The minimum atomic E-state index is -1.80. The van der Waals surface area contributed by atoms with Crippen molar-refractivity contribution in [2.24, 2.45) is 11.5 Å². The number of hydrogen-bond acceptors (Lipinski definition) is 4. The Labute approximate surface area is 57.4 Å². The number of carbonyl (C=O) groups is 2. The molecule has 0 aliphatic carbocycles. The van der Waals surface area contributed by atoms with Crippen molar-refractivity contribution >= 4 is 11.9 Å². The monoisotopic (exact) mass is 150 g/mol. The van der Waals surface area contributed by atoms with E-state index in [4.69, 9.17) is 10.2 Å². The van der Waals surface area contributed by atoms with E-state index in [1.807, 2.05) is 0 Å². The maximum absolute atomic E-state index is 9.63. The van der Waals surface area contributed by atoms with E-state index in [-0.39, 0.29) is 0 Å². The van der Waals surface area contributed by atoms with Crippen LogP contribution in [-0.4, -0.2) is 35.2 Å². The van der Waals surface area contributed by atoms with Crippen LogP contribution in [0.4, 0.5) is 0 Å². The lowest BCUT2D eigenvalue weighted by Gasteiger charge is -1.95. The van der Waals surface area contributed by atoms with Crippen LogP contribution in [0.3, 0.4) is 0 Å². The van der Waals surface area contributed by atoms with Crippen LogP contribution in [0.5, 0.6) is 0 Å². The molecule has 0 aromatic rings. The minimum Gasteiger partial charge on any atom is -0.480 e. The Morgan fingerprint density at radius 3 is 1.40 bits per heavy atom. The molecule has 0 bridgehead atoms. The fourth-order valence-corrected chi connectivity index (χ4v) is 0.106. The van der Waals surface area contributed by atoms with Crippen LogP contribution in [0.2, 0.25) is 0 Å². The fraction of sp³-hybridized carbons (Fsp3) is 0.500. The zero-order valence-electron chi connectivity index (χ0n) is 5.44. The summed E-state index contributed by atoms with van der Waals surface area (Å²) in [5.41, 5.74) is 9.06. The SMILES string of the molecule is CN.NC(C(=O)O)C(=O)O. The third kappa shape index (κ3) is 5.01. The minimum absolute atomic E-state index is 1.50. The van der Waals surface area contributed by atoms with Crippen molar-refractivity contribution < 1.29 is 19.8 Å². The average molecular weight is 150 g/mol. The molecule has 0 aliphatic rings. The third-order valence-corrected chi connectivity index (χ3v) is 0.532. The highest BCUT2D eigenvalue weighted by Gasteiger charge is 2.18. The highest BCUT2D eigenvalue weighted by molar-refractivity contribution is 5.96. The van der Waals surface area contributed by atoms with Gasteiger partial charge in [0.25, 0.3) is 0 Å². The van der Waals surface area contributed by atoms with Gasteiger partial charge in [-0.25, -0.2) is 9.59 Å². The van der Waals surface area contributed by atoms with Crippen LogP contribution >= 0.6 is 0 Å². The zero-order chi connectivity index (χ0) is 8.73. The van der Waals surface area contributed by atoms with Gasteiger partial charge in [-0.1, -0.05) is 0 Å². The van der Waals surface area contributed by atoms with Crippen LogP contribution in [0.1, 0.15) is 0 Å². The Bertz CT molecular complexity index is 110. The van der Waals surface area contributed by atoms with Gasteiger partial charge in [0.15, 0.2) is 0 Å². The molecular weight excluding hydrogens is 140 g/mol. The molecule has 0 aromatic carbocycles. The van der Waals surface area contributed by atoms with Gasteiger partial charge < -0.3 is 21.7 Å². The van der Waals surface area contributed by atoms with Crippen molar-refractivity contribution in [3.8, 4) is 0 Å². The van der Waals surface area contributed by atoms with E-state index in [0.29, 0.717) is 0 Å². The van der Waals surface area contributed by atoms with Crippen LogP contribution in [0.15, 0.2) is 0 Å². The summed E-state index contributed by atoms with van der Waals surface area (Å²) >= 11 is 0. The molecule has 0 amide bonds. The molecule has 0 aliphatic heterocycles. The first-order valence-electron chi connectivity index (χ1n) is 2.34. The molecule has 0 rings (SSSR count). The van der Waals surface area contributed by atoms with Gasteiger partial charge in [0.2, 0.25) is 6.04 Å². The number of carboxylic acids is 2. The van der Waals surface area contributed by atoms with Crippen LogP contribution < -0.4 is 11.5 Å². The zero-order valence-corrected chi connectivity index (χ0v) is 5.44. The molecule has 60 valence electrons. The first-order valence-corrected chi connectivity index (χ1v) is 2.34. The number of aliphatic carboxylic acids is 2. The molecule has 0 aromatic heterocycles. The lowest BCUT2D eigenvalue weighted by molar-refractivity contribution is -0.149. The van der Waals surface area contributed by atoms with Crippen molar-refractivity contribution in [3.63, 3.8) is 0 Å². The van der Waals surface area contributed by atoms with Crippen molar-refractivity contribution in [3.05, 3.63) is 0 Å². The molecule has 6 N–H and O–H groups in total. The summed E-state index contributed by atoms with van der Waals surface area (Å²) in [6.45, 7) is 0. The van der Waals surface area contributed by atoms with E-state index in [2.05, 4.69) is 11.5 Å². The highest BCUT2D eigenvalue weighted by Crippen LogP contribution is 1.74. The normalized spacial score (nSPS) is 8.00. The van der Waals surface area contributed by atoms with Gasteiger partial charge in [-0.2, -0.15) is 0 Å². The van der Waals surface area contributed by atoms with Crippen LogP contribution in [-0.2, 0) is 9.59 Å². The summed E-state index contributed by atoms with van der Waals surface area (Å²) in [6, 6.07) is -1.80. The molecule has 0 saturated heterocycles. The first-order chi connectivity index (χ1) is 4.55. The summed E-state index contributed by atoms with van der Waals surface area (Å²) in [5.74, 6) is -3.06. The molecular formula is C4H10N2O4. The first kappa shape index (κ1) is 11.6. The summed E-state index contributed by atoms with van der Waals surface area (Å²) in [4.78, 5) is 19.3. The second-order valence-electron chi connectivity index (χ2n) is 1.15. The lowest BCUT2D eigenvalue weighted by Crippen LogP contribution is -2.38. The van der Waals surface area contributed by atoms with Crippen LogP contribution in [0, 0.1) is 0 Å². The Morgan fingerprint density at radius 1 is 1.20 bits per heavy atom. The number of nitrogens with two attached hydrogens (primary N) is 2. The second-order valence-corrected chi connectivity index (χ2v) is 1.15. The van der Waals surface area contributed by atoms with E-state index >= 15 is 0 Å². The Kier molecular flexibility index (Phi) is 6.96. The number of rotatable bonds is 2. The van der Waals surface area contributed by atoms with Crippen molar-refractivity contribution in [1.29, 1.82) is 0 Å². The Morgan fingerprint density at radius 2 is 1.40 bits per heavy atom. The van der Waals surface area contributed by atoms with Gasteiger partial charge in [0.1, 0.15) is 0 Å². The van der Waals surface area contributed by atoms with E-state index in [1.54, 1.807) is 0 Å². The molecule has 0 saturated carbocycles. The quantitative estimate of drug-likeness (QED) is 0.339. The van der Waals surface area contributed by atoms with E-state index in [0.717, 1.165) is 0 Å². The maximum Gasteiger partial charge on any atom is 0.332 e. The Balaban J connectivity index is 0. The van der Waals surface area contributed by atoms with E-state index in [9.17, 15) is 9.59 Å². The molecule has 10 heavy (non-hydrogen) atoms. The molecule has 0 unspecified atom stereocenters. The van der Waals surface area contributed by atoms with Gasteiger partial charge in [-0.15, -0.1) is 0 Å². The average Bonchev–Trinajstić information content (AvgIpc) is 1.90. The van der Waals surface area contributed by atoms with Crippen molar-refractivity contribution in [2.75, 3.05) is 7.05 Å². The topological polar surface area (TPSA) is 127 Å². The fourth-order valence-electron chi connectivity index (χ4n) is 0.106. The maximum atomic E-state index is 9.63. The van der Waals surface area contributed by atoms with Crippen molar-refractivity contribution in [1.82, 2.24) is 0 Å². The van der Waals surface area contributed by atoms with Gasteiger partial charge >= 0.3 is 11.9 Å². The third-order valence-electron chi connectivity index (χ3n) is 0.532. The smallest absolute Gasteiger partial charge is 0.332 e. The van der Waals surface area contributed by atoms with Gasteiger partial charge in [-0.3, -0.25) is 0 Å². The van der Waals surface area contributed by atoms with Gasteiger partial charge in [-0.05, 0) is 7.05 Å². The molecule has 0 fully saturated rings. The largest absolute Gasteiger partial charge is 0.480 e. The van der Waals surface area contributed by atoms with Crippen molar-refractivity contribution in [2.45, 2.75) is 6.04 Å². The molecule has 0 atom stereocenters. The van der Waals surface area contributed by atoms with Gasteiger partial charge in [0, 0.05) is 0 Å². The second kappa shape index (κ2) is 5.99. The summed E-state index contributed by atoms with van der Waals surface area (Å²) < 4.78 is 0. The highest BCUT2D eigenvalue weighted by atomic mass is 16.4. The number of hydrogen-bond donors (Lipinski definition) is 4. The Hall–Kier alpha value is -1.14. The lowest BCUT2D eigenvalue weighted by atomic mass is 10.3. The standard InChI is InChI=1S/C3H5NO4.CH5N/c4-1(2(5)6)3(7)8;1-2/h1H,4H2,(H,5,6)(H,7,8);2H2,1H3. The summed E-state index contributed by atoms with van der Waals surface area (Å²) in [7, 11) is 1.50. The number of carboxylic acid groups (broad SMARTS) is 2. The van der Waals surface area contributed by atoms with E-state index in [1.165, 1.54) is 7.05 Å². The van der Waals surface area contributed by atoms with E-state index < -0.39 is 18.0 Å². The van der Waals surface area contributed by atoms with Gasteiger partial charge in [0.05, 0.1) is 0 Å². The summed E-state index contributed by atoms with van der Waals surface area (Å²) in [6.07, 6.45) is 0.